The Morgan fingerprint density at radius 2 is 2.00 bits per heavy atom. The molecule has 1 N–H and O–H groups in total. The molecule has 1 aliphatic rings. The highest BCUT2D eigenvalue weighted by molar-refractivity contribution is 7.22. The number of carbonyl (C=O) groups is 1. The Morgan fingerprint density at radius 3 is 2.74 bits per heavy atom. The third kappa shape index (κ3) is 3.12. The van der Waals surface area contributed by atoms with Crippen LogP contribution in [0, 0.1) is 0 Å². The largest absolute Gasteiger partial charge is 0.486 e. The summed E-state index contributed by atoms with van der Waals surface area (Å²) >= 11 is 8.69. The Bertz CT molecular complexity index is 847. The molecule has 0 atom stereocenters. The third-order valence-electron chi connectivity index (χ3n) is 3.26. The van der Waals surface area contributed by atoms with E-state index in [4.69, 9.17) is 21.1 Å². The van der Waals surface area contributed by atoms with Gasteiger partial charge in [0, 0.05) is 17.0 Å². The fourth-order valence-corrected chi connectivity index (χ4v) is 4.27. The van der Waals surface area contributed by atoms with E-state index < -0.39 is 0 Å². The number of thiazole rings is 1. The first-order chi connectivity index (χ1) is 11.2. The fourth-order valence-electron chi connectivity index (χ4n) is 2.29. The van der Waals surface area contributed by atoms with Gasteiger partial charge in [0.1, 0.15) is 13.2 Å². The molecule has 0 saturated carbocycles. The first-order valence-electron chi connectivity index (χ1n) is 6.91. The van der Waals surface area contributed by atoms with Gasteiger partial charge >= 0.3 is 0 Å². The van der Waals surface area contributed by atoms with Crippen LogP contribution in [-0.2, 0) is 11.2 Å². The van der Waals surface area contributed by atoms with Gasteiger partial charge in [0.15, 0.2) is 16.6 Å². The molecule has 3 heterocycles. The lowest BCUT2D eigenvalue weighted by molar-refractivity contribution is -0.115. The molecular formula is C15H11ClN2O3S2. The first kappa shape index (κ1) is 14.7. The second-order valence-corrected chi connectivity index (χ2v) is 7.74. The maximum atomic E-state index is 12.1. The molecule has 3 aromatic rings. The summed E-state index contributed by atoms with van der Waals surface area (Å²) < 4.78 is 12.7. The van der Waals surface area contributed by atoms with Crippen LogP contribution in [0.3, 0.4) is 0 Å². The number of amides is 1. The highest BCUT2D eigenvalue weighted by Gasteiger charge is 2.16. The van der Waals surface area contributed by atoms with Gasteiger partial charge in [-0.15, -0.1) is 11.3 Å². The Morgan fingerprint density at radius 1 is 1.22 bits per heavy atom. The van der Waals surface area contributed by atoms with Crippen LogP contribution in [0.15, 0.2) is 24.3 Å². The van der Waals surface area contributed by atoms with Gasteiger partial charge < -0.3 is 14.8 Å². The van der Waals surface area contributed by atoms with Crippen molar-refractivity contribution in [1.29, 1.82) is 0 Å². The summed E-state index contributed by atoms with van der Waals surface area (Å²) in [5, 5.41) is 3.39. The van der Waals surface area contributed by atoms with Gasteiger partial charge in [0.25, 0.3) is 0 Å². The highest BCUT2D eigenvalue weighted by atomic mass is 35.5. The topological polar surface area (TPSA) is 60.5 Å². The van der Waals surface area contributed by atoms with E-state index in [0.29, 0.717) is 28.4 Å². The maximum absolute atomic E-state index is 12.1. The van der Waals surface area contributed by atoms with E-state index in [1.165, 1.54) is 22.7 Å². The number of fused-ring (bicyclic) bond motifs is 2. The molecule has 1 amide bonds. The number of halogens is 1. The minimum absolute atomic E-state index is 0.111. The highest BCUT2D eigenvalue weighted by Crippen LogP contribution is 2.37. The Kier molecular flexibility index (Phi) is 3.84. The number of hydrogen-bond acceptors (Lipinski definition) is 6. The number of ether oxygens (including phenoxy) is 2. The van der Waals surface area contributed by atoms with Gasteiger partial charge in [0.05, 0.1) is 21.0 Å². The van der Waals surface area contributed by atoms with Crippen molar-refractivity contribution >= 4 is 55.5 Å². The predicted octanol–water partition coefficient (Wildman–Crippen LogP) is 3.96. The van der Waals surface area contributed by atoms with Crippen LogP contribution in [0.5, 0.6) is 11.5 Å². The Hall–Kier alpha value is -1.83. The number of nitrogens with zero attached hydrogens (tertiary/aromatic N) is 1. The van der Waals surface area contributed by atoms with Gasteiger partial charge in [-0.05, 0) is 12.1 Å². The molecule has 0 radical (unpaired) electrons. The zero-order valence-electron chi connectivity index (χ0n) is 11.8. The summed E-state index contributed by atoms with van der Waals surface area (Å²) in [5.41, 5.74) is 0.786. The molecule has 0 saturated heterocycles. The predicted molar refractivity (Wildman–Crippen MR) is 92.3 cm³/mol. The number of thiophene rings is 1. The molecule has 8 heteroatoms. The SMILES string of the molecule is O=C(Cc1ccc(Cl)s1)Nc1nc2cc3c(cc2s1)OCCO3. The van der Waals surface area contributed by atoms with Gasteiger partial charge in [-0.25, -0.2) is 4.98 Å². The summed E-state index contributed by atoms with van der Waals surface area (Å²) in [6.45, 7) is 1.08. The van der Waals surface area contributed by atoms with E-state index >= 15 is 0 Å². The van der Waals surface area contributed by atoms with Crippen LogP contribution in [0.2, 0.25) is 4.34 Å². The van der Waals surface area contributed by atoms with Crippen molar-refractivity contribution in [1.82, 2.24) is 4.98 Å². The fraction of sp³-hybridized carbons (Fsp3) is 0.200. The van der Waals surface area contributed by atoms with Crippen molar-refractivity contribution in [3.05, 3.63) is 33.5 Å². The number of nitrogens with one attached hydrogen (secondary N) is 1. The summed E-state index contributed by atoms with van der Waals surface area (Å²) in [6, 6.07) is 7.38. The maximum Gasteiger partial charge on any atom is 0.231 e. The molecular weight excluding hydrogens is 356 g/mol. The molecule has 23 heavy (non-hydrogen) atoms. The standard InChI is InChI=1S/C15H11ClN2O3S2/c16-13-2-1-8(22-13)5-14(19)18-15-17-9-6-10-11(7-12(9)23-15)21-4-3-20-10/h1-2,6-7H,3-5H2,(H,17,18,19). The summed E-state index contributed by atoms with van der Waals surface area (Å²) in [5.74, 6) is 1.30. The van der Waals surface area contributed by atoms with Gasteiger partial charge in [-0.1, -0.05) is 22.9 Å². The third-order valence-corrected chi connectivity index (χ3v) is 5.43. The lowest BCUT2D eigenvalue weighted by Crippen LogP contribution is -2.15. The zero-order chi connectivity index (χ0) is 15.8. The number of carbonyl (C=O) groups excluding carboxylic acids is 1. The molecule has 0 spiro atoms. The number of aromatic nitrogens is 1. The van der Waals surface area contributed by atoms with E-state index in [1.807, 2.05) is 18.2 Å². The summed E-state index contributed by atoms with van der Waals surface area (Å²) in [7, 11) is 0. The molecule has 0 fully saturated rings. The van der Waals surface area contributed by atoms with Crippen LogP contribution in [0.1, 0.15) is 4.88 Å². The van der Waals surface area contributed by atoms with Crippen LogP contribution >= 0.6 is 34.3 Å². The van der Waals surface area contributed by atoms with Gasteiger partial charge in [-0.2, -0.15) is 0 Å². The summed E-state index contributed by atoms with van der Waals surface area (Å²) in [4.78, 5) is 17.5. The smallest absolute Gasteiger partial charge is 0.231 e. The number of anilines is 1. The van der Waals surface area contributed by atoms with Crippen molar-refractivity contribution in [3.8, 4) is 11.5 Å². The van der Waals surface area contributed by atoms with E-state index in [2.05, 4.69) is 10.3 Å². The molecule has 0 bridgehead atoms. The van der Waals surface area contributed by atoms with Crippen LogP contribution in [0.4, 0.5) is 5.13 Å². The van der Waals surface area contributed by atoms with Crippen molar-refractivity contribution in [3.63, 3.8) is 0 Å². The number of rotatable bonds is 3. The zero-order valence-corrected chi connectivity index (χ0v) is 14.2. The molecule has 4 rings (SSSR count). The Balaban J connectivity index is 1.53. The number of benzene rings is 1. The molecule has 2 aromatic heterocycles. The average molecular weight is 367 g/mol. The Labute approximate surface area is 144 Å². The van der Waals surface area contributed by atoms with Crippen molar-refractivity contribution < 1.29 is 14.3 Å². The van der Waals surface area contributed by atoms with E-state index in [9.17, 15) is 4.79 Å². The van der Waals surface area contributed by atoms with Crippen molar-refractivity contribution in [2.75, 3.05) is 18.5 Å². The van der Waals surface area contributed by atoms with E-state index in [0.717, 1.165) is 20.8 Å². The number of hydrogen-bond donors (Lipinski definition) is 1. The quantitative estimate of drug-likeness (QED) is 0.762. The van der Waals surface area contributed by atoms with Crippen molar-refractivity contribution in [2.24, 2.45) is 0 Å². The molecule has 1 aromatic carbocycles. The monoisotopic (exact) mass is 366 g/mol. The van der Waals surface area contributed by atoms with E-state index in [-0.39, 0.29) is 12.3 Å². The van der Waals surface area contributed by atoms with E-state index in [1.54, 1.807) is 6.07 Å². The molecule has 0 aliphatic carbocycles. The van der Waals surface area contributed by atoms with Gasteiger partial charge in [-0.3, -0.25) is 4.79 Å². The first-order valence-corrected chi connectivity index (χ1v) is 8.93. The second kappa shape index (κ2) is 5.99. The molecule has 118 valence electrons. The normalized spacial score (nSPS) is 13.3. The lowest BCUT2D eigenvalue weighted by atomic mass is 10.3. The molecule has 1 aliphatic heterocycles. The lowest BCUT2D eigenvalue weighted by Gasteiger charge is -2.17. The minimum Gasteiger partial charge on any atom is -0.486 e. The summed E-state index contributed by atoms with van der Waals surface area (Å²) in [6.07, 6.45) is 0.288. The van der Waals surface area contributed by atoms with Crippen LogP contribution < -0.4 is 14.8 Å². The van der Waals surface area contributed by atoms with Gasteiger partial charge in [0.2, 0.25) is 5.91 Å². The average Bonchev–Trinajstić information content (AvgIpc) is 3.09. The van der Waals surface area contributed by atoms with Crippen LogP contribution in [0.25, 0.3) is 10.2 Å². The molecule has 5 nitrogen and oxygen atoms in total. The van der Waals surface area contributed by atoms with Crippen LogP contribution in [-0.4, -0.2) is 24.1 Å². The second-order valence-electron chi connectivity index (χ2n) is 4.91. The molecule has 0 unspecified atom stereocenters. The minimum atomic E-state index is -0.111. The van der Waals surface area contributed by atoms with Crippen molar-refractivity contribution in [2.45, 2.75) is 6.42 Å².